The molecule has 0 aromatic heterocycles. The molecule has 0 saturated heterocycles. The van der Waals surface area contributed by atoms with E-state index >= 15 is 0 Å². The lowest BCUT2D eigenvalue weighted by Crippen LogP contribution is -2.33. The summed E-state index contributed by atoms with van der Waals surface area (Å²) < 4.78 is 37.0. The van der Waals surface area contributed by atoms with E-state index in [1.54, 1.807) is 6.92 Å². The fraction of sp³-hybridized carbons (Fsp3) is 0.455. The van der Waals surface area contributed by atoms with Gasteiger partial charge in [-0.25, -0.2) is 12.8 Å². The van der Waals surface area contributed by atoms with Crippen molar-refractivity contribution in [3.8, 4) is 0 Å². The van der Waals surface area contributed by atoms with Gasteiger partial charge in [0.15, 0.2) is 9.84 Å². The Morgan fingerprint density at radius 1 is 1.38 bits per heavy atom. The van der Waals surface area contributed by atoms with Crippen molar-refractivity contribution in [2.24, 2.45) is 0 Å². The Morgan fingerprint density at radius 2 is 1.94 bits per heavy atom. The zero-order valence-corrected chi connectivity index (χ0v) is 10.1. The summed E-state index contributed by atoms with van der Waals surface area (Å²) in [6, 6.07) is 5.17. The Kier molecular flexibility index (Phi) is 3.70. The Bertz CT molecular complexity index is 466. The largest absolute Gasteiger partial charge is 0.389 e. The summed E-state index contributed by atoms with van der Waals surface area (Å²) in [5, 5.41) is 9.71. The summed E-state index contributed by atoms with van der Waals surface area (Å²) in [6.45, 7) is 3.10. The lowest BCUT2D eigenvalue weighted by Gasteiger charge is -2.20. The number of hydrogen-bond donors (Lipinski definition) is 1. The first kappa shape index (κ1) is 13.1. The van der Waals surface area contributed by atoms with Gasteiger partial charge in [0.05, 0.1) is 11.4 Å². The van der Waals surface area contributed by atoms with Crippen LogP contribution in [0.3, 0.4) is 0 Å². The van der Waals surface area contributed by atoms with E-state index in [0.29, 0.717) is 6.42 Å². The molecule has 0 spiro atoms. The molecule has 3 nitrogen and oxygen atoms in total. The van der Waals surface area contributed by atoms with Crippen LogP contribution in [-0.4, -0.2) is 24.9 Å². The zero-order chi connectivity index (χ0) is 12.4. The monoisotopic (exact) mass is 246 g/mol. The molecule has 1 unspecified atom stereocenters. The van der Waals surface area contributed by atoms with Gasteiger partial charge in [0.25, 0.3) is 0 Å². The lowest BCUT2D eigenvalue weighted by atomic mass is 10.1. The van der Waals surface area contributed by atoms with E-state index in [4.69, 9.17) is 0 Å². The minimum Gasteiger partial charge on any atom is -0.389 e. The van der Waals surface area contributed by atoms with Crippen molar-refractivity contribution in [1.82, 2.24) is 0 Å². The molecule has 16 heavy (non-hydrogen) atoms. The first-order chi connectivity index (χ1) is 7.28. The number of halogens is 1. The molecule has 0 aliphatic heterocycles. The number of rotatable bonds is 4. The molecule has 0 saturated carbocycles. The van der Waals surface area contributed by atoms with Crippen LogP contribution < -0.4 is 0 Å². The van der Waals surface area contributed by atoms with Crippen molar-refractivity contribution in [3.63, 3.8) is 0 Å². The van der Waals surface area contributed by atoms with Crippen molar-refractivity contribution in [2.45, 2.75) is 30.8 Å². The third kappa shape index (κ3) is 3.02. The Balaban J connectivity index is 3.09. The molecule has 1 rings (SSSR count). The fourth-order valence-corrected chi connectivity index (χ4v) is 3.12. The van der Waals surface area contributed by atoms with Crippen molar-refractivity contribution in [1.29, 1.82) is 0 Å². The molecule has 1 aromatic rings. The van der Waals surface area contributed by atoms with Gasteiger partial charge in [-0.05, 0) is 25.5 Å². The van der Waals surface area contributed by atoms with Crippen LogP contribution in [0.5, 0.6) is 0 Å². The van der Waals surface area contributed by atoms with Crippen LogP contribution in [-0.2, 0) is 9.84 Å². The van der Waals surface area contributed by atoms with E-state index < -0.39 is 27.0 Å². The number of sulfone groups is 1. The Labute approximate surface area is 94.8 Å². The second-order valence-electron chi connectivity index (χ2n) is 4.04. The van der Waals surface area contributed by atoms with Crippen molar-refractivity contribution in [2.75, 3.05) is 5.75 Å². The van der Waals surface area contributed by atoms with Gasteiger partial charge in [-0.3, -0.25) is 0 Å². The summed E-state index contributed by atoms with van der Waals surface area (Å²) in [6.07, 6.45) is 0.292. The summed E-state index contributed by atoms with van der Waals surface area (Å²) in [5.41, 5.74) is -1.33. The zero-order valence-electron chi connectivity index (χ0n) is 9.27. The summed E-state index contributed by atoms with van der Waals surface area (Å²) in [5.74, 6) is -1.26. The van der Waals surface area contributed by atoms with Gasteiger partial charge >= 0.3 is 0 Å². The van der Waals surface area contributed by atoms with Crippen molar-refractivity contribution in [3.05, 3.63) is 30.1 Å². The molecule has 1 aromatic carbocycles. The first-order valence-corrected chi connectivity index (χ1v) is 6.63. The first-order valence-electron chi connectivity index (χ1n) is 4.98. The van der Waals surface area contributed by atoms with Crippen molar-refractivity contribution < 1.29 is 17.9 Å². The molecule has 0 fully saturated rings. The molecule has 0 amide bonds. The third-order valence-electron chi connectivity index (χ3n) is 2.43. The molecule has 0 bridgehead atoms. The smallest absolute Gasteiger partial charge is 0.184 e. The van der Waals surface area contributed by atoms with Gasteiger partial charge in [-0.15, -0.1) is 0 Å². The quantitative estimate of drug-likeness (QED) is 0.880. The Hall–Kier alpha value is -0.940. The van der Waals surface area contributed by atoms with E-state index in [-0.39, 0.29) is 4.90 Å². The van der Waals surface area contributed by atoms with Crippen LogP contribution >= 0.6 is 0 Å². The fourth-order valence-electron chi connectivity index (χ4n) is 1.29. The molecule has 0 radical (unpaired) electrons. The van der Waals surface area contributed by atoms with Gasteiger partial charge in [0.1, 0.15) is 10.7 Å². The maximum absolute atomic E-state index is 13.3. The highest BCUT2D eigenvalue weighted by Gasteiger charge is 2.29. The van der Waals surface area contributed by atoms with E-state index in [0.717, 1.165) is 6.07 Å². The molecule has 90 valence electrons. The van der Waals surface area contributed by atoms with Gasteiger partial charge in [-0.1, -0.05) is 19.1 Å². The highest BCUT2D eigenvalue weighted by molar-refractivity contribution is 7.91. The van der Waals surface area contributed by atoms with E-state index in [2.05, 4.69) is 0 Å². The van der Waals surface area contributed by atoms with Crippen LogP contribution in [0.4, 0.5) is 4.39 Å². The van der Waals surface area contributed by atoms with Crippen LogP contribution in [0.15, 0.2) is 29.2 Å². The Morgan fingerprint density at radius 3 is 2.44 bits per heavy atom. The number of benzene rings is 1. The van der Waals surface area contributed by atoms with Crippen LogP contribution in [0.2, 0.25) is 0 Å². The molecule has 0 aliphatic carbocycles. The maximum atomic E-state index is 13.3. The third-order valence-corrected chi connectivity index (χ3v) is 4.44. The van der Waals surface area contributed by atoms with Crippen LogP contribution in [0.25, 0.3) is 0 Å². The minimum atomic E-state index is -3.79. The molecule has 5 heteroatoms. The SMILES string of the molecule is CCC(C)(O)CS(=O)(=O)c1ccccc1F. The van der Waals surface area contributed by atoms with E-state index in [9.17, 15) is 17.9 Å². The molecule has 0 heterocycles. The van der Waals surface area contributed by atoms with Crippen molar-refractivity contribution >= 4 is 9.84 Å². The maximum Gasteiger partial charge on any atom is 0.184 e. The standard InChI is InChI=1S/C11H15FO3S/c1-3-11(2,13)8-16(14,15)10-7-5-4-6-9(10)12/h4-7,13H,3,8H2,1-2H3. The van der Waals surface area contributed by atoms with Gasteiger partial charge in [-0.2, -0.15) is 0 Å². The van der Waals surface area contributed by atoms with Gasteiger partial charge in [0, 0.05) is 0 Å². The molecule has 1 atom stereocenters. The second kappa shape index (κ2) is 4.51. The predicted molar refractivity (Wildman–Crippen MR) is 59.4 cm³/mol. The normalized spacial score (nSPS) is 15.8. The number of aliphatic hydroxyl groups is 1. The van der Waals surface area contributed by atoms with Gasteiger partial charge in [0.2, 0.25) is 0 Å². The predicted octanol–water partition coefficient (Wildman–Crippen LogP) is 1.76. The summed E-state index contributed by atoms with van der Waals surface area (Å²) in [7, 11) is -3.79. The average Bonchev–Trinajstić information content (AvgIpc) is 2.16. The summed E-state index contributed by atoms with van der Waals surface area (Å²) >= 11 is 0. The lowest BCUT2D eigenvalue weighted by molar-refractivity contribution is 0.0796. The average molecular weight is 246 g/mol. The van der Waals surface area contributed by atoms with Crippen LogP contribution in [0.1, 0.15) is 20.3 Å². The minimum absolute atomic E-state index is 0.292. The van der Waals surface area contributed by atoms with E-state index in [1.807, 2.05) is 0 Å². The van der Waals surface area contributed by atoms with E-state index in [1.165, 1.54) is 25.1 Å². The molecular weight excluding hydrogens is 231 g/mol. The summed E-state index contributed by atoms with van der Waals surface area (Å²) in [4.78, 5) is -0.358. The van der Waals surface area contributed by atoms with Crippen LogP contribution in [0, 0.1) is 5.82 Å². The highest BCUT2D eigenvalue weighted by Crippen LogP contribution is 2.20. The highest BCUT2D eigenvalue weighted by atomic mass is 32.2. The molecular formula is C11H15FO3S. The molecule has 1 N–H and O–H groups in total. The second-order valence-corrected chi connectivity index (χ2v) is 6.00. The number of hydrogen-bond acceptors (Lipinski definition) is 3. The van der Waals surface area contributed by atoms with Gasteiger partial charge < -0.3 is 5.11 Å². The topological polar surface area (TPSA) is 54.4 Å². The molecule has 0 aliphatic rings.